The minimum atomic E-state index is 0.551. The number of aromatic nitrogens is 1. The summed E-state index contributed by atoms with van der Waals surface area (Å²) in [5.41, 5.74) is 6.66. The fourth-order valence-electron chi connectivity index (χ4n) is 1.96. The highest BCUT2D eigenvalue weighted by Crippen LogP contribution is 2.27. The van der Waals surface area contributed by atoms with Crippen molar-refractivity contribution in [3.63, 3.8) is 0 Å². The Balaban J connectivity index is 2.15. The van der Waals surface area contributed by atoms with Gasteiger partial charge in [0.1, 0.15) is 5.82 Å². The fourth-order valence-corrected chi connectivity index (χ4v) is 3.06. The van der Waals surface area contributed by atoms with Crippen molar-refractivity contribution in [1.29, 1.82) is 0 Å². The summed E-state index contributed by atoms with van der Waals surface area (Å²) in [6.45, 7) is 6.21. The van der Waals surface area contributed by atoms with E-state index in [1.54, 1.807) is 0 Å². The predicted molar refractivity (Wildman–Crippen MR) is 70.9 cm³/mol. The van der Waals surface area contributed by atoms with E-state index in [4.69, 9.17) is 5.73 Å². The fraction of sp³-hybridized carbons (Fsp3) is 0.583. The monoisotopic (exact) mass is 237 g/mol. The van der Waals surface area contributed by atoms with Crippen molar-refractivity contribution in [2.75, 3.05) is 17.2 Å². The summed E-state index contributed by atoms with van der Waals surface area (Å²) in [5.74, 6) is 2.27. The van der Waals surface area contributed by atoms with Gasteiger partial charge in [-0.2, -0.15) is 11.8 Å². The molecule has 2 rings (SSSR count). The second-order valence-corrected chi connectivity index (χ2v) is 5.72. The lowest BCUT2D eigenvalue weighted by molar-refractivity contribution is 0.620. The molecule has 0 radical (unpaired) electrons. The third-order valence-electron chi connectivity index (χ3n) is 3.22. The SMILES string of the molecule is CC1SCCN(c2ccc(CN)cn2)C1C. The first kappa shape index (κ1) is 11.7. The van der Waals surface area contributed by atoms with Crippen molar-refractivity contribution in [2.24, 2.45) is 5.73 Å². The topological polar surface area (TPSA) is 42.1 Å². The predicted octanol–water partition coefficient (Wildman–Crippen LogP) is 1.87. The number of hydrogen-bond acceptors (Lipinski definition) is 4. The van der Waals surface area contributed by atoms with Crippen molar-refractivity contribution in [3.05, 3.63) is 23.9 Å². The van der Waals surface area contributed by atoms with E-state index in [2.05, 4.69) is 35.9 Å². The summed E-state index contributed by atoms with van der Waals surface area (Å²) in [5, 5.41) is 0.671. The molecule has 1 saturated heterocycles. The Morgan fingerprint density at radius 2 is 2.31 bits per heavy atom. The zero-order valence-electron chi connectivity index (χ0n) is 9.89. The van der Waals surface area contributed by atoms with Crippen LogP contribution in [-0.4, -0.2) is 28.6 Å². The zero-order valence-corrected chi connectivity index (χ0v) is 10.7. The summed E-state index contributed by atoms with van der Waals surface area (Å²) in [6, 6.07) is 4.71. The third-order valence-corrected chi connectivity index (χ3v) is 4.56. The van der Waals surface area contributed by atoms with Crippen molar-refractivity contribution in [3.8, 4) is 0 Å². The van der Waals surface area contributed by atoms with Crippen molar-refractivity contribution in [1.82, 2.24) is 4.98 Å². The first-order chi connectivity index (χ1) is 7.72. The summed E-state index contributed by atoms with van der Waals surface area (Å²) >= 11 is 2.04. The number of rotatable bonds is 2. The summed E-state index contributed by atoms with van der Waals surface area (Å²) in [7, 11) is 0. The van der Waals surface area contributed by atoms with Crippen LogP contribution in [-0.2, 0) is 6.54 Å². The highest BCUT2D eigenvalue weighted by Gasteiger charge is 2.25. The number of nitrogens with two attached hydrogens (primary N) is 1. The van der Waals surface area contributed by atoms with Gasteiger partial charge in [0.2, 0.25) is 0 Å². The highest BCUT2D eigenvalue weighted by molar-refractivity contribution is 8.00. The molecule has 2 unspecified atom stereocenters. The van der Waals surface area contributed by atoms with Crippen LogP contribution in [0.1, 0.15) is 19.4 Å². The maximum absolute atomic E-state index is 5.57. The van der Waals surface area contributed by atoms with Crippen LogP contribution in [0, 0.1) is 0 Å². The van der Waals surface area contributed by atoms with Gasteiger partial charge in [0.15, 0.2) is 0 Å². The van der Waals surface area contributed by atoms with Gasteiger partial charge < -0.3 is 10.6 Å². The van der Waals surface area contributed by atoms with Gasteiger partial charge in [-0.3, -0.25) is 0 Å². The quantitative estimate of drug-likeness (QED) is 0.852. The van der Waals surface area contributed by atoms with Crippen molar-refractivity contribution < 1.29 is 0 Å². The second kappa shape index (κ2) is 5.06. The van der Waals surface area contributed by atoms with Gasteiger partial charge in [-0.15, -0.1) is 0 Å². The highest BCUT2D eigenvalue weighted by atomic mass is 32.2. The van der Waals surface area contributed by atoms with Gasteiger partial charge in [-0.1, -0.05) is 13.0 Å². The lowest BCUT2D eigenvalue weighted by atomic mass is 10.2. The molecule has 0 aromatic carbocycles. The molecule has 1 aromatic heterocycles. The van der Waals surface area contributed by atoms with Gasteiger partial charge in [0.05, 0.1) is 0 Å². The molecule has 1 aliphatic heterocycles. The molecule has 2 heterocycles. The molecular weight excluding hydrogens is 218 g/mol. The van der Waals surface area contributed by atoms with Crippen molar-refractivity contribution in [2.45, 2.75) is 31.7 Å². The number of pyridine rings is 1. The Morgan fingerprint density at radius 3 is 2.94 bits per heavy atom. The molecule has 3 nitrogen and oxygen atoms in total. The van der Waals surface area contributed by atoms with Crippen LogP contribution < -0.4 is 10.6 Å². The molecule has 16 heavy (non-hydrogen) atoms. The normalized spacial score (nSPS) is 25.8. The van der Waals surface area contributed by atoms with E-state index in [1.165, 1.54) is 5.75 Å². The van der Waals surface area contributed by atoms with Crippen LogP contribution in [0.15, 0.2) is 18.3 Å². The third kappa shape index (κ3) is 2.33. The molecule has 4 heteroatoms. The van der Waals surface area contributed by atoms with E-state index in [-0.39, 0.29) is 0 Å². The molecule has 0 saturated carbocycles. The smallest absolute Gasteiger partial charge is 0.128 e. The lowest BCUT2D eigenvalue weighted by Crippen LogP contribution is -2.45. The summed E-state index contributed by atoms with van der Waals surface area (Å²) in [4.78, 5) is 6.89. The van der Waals surface area contributed by atoms with Crippen molar-refractivity contribution >= 4 is 17.6 Å². The molecule has 0 amide bonds. The lowest BCUT2D eigenvalue weighted by Gasteiger charge is -2.38. The van der Waals surface area contributed by atoms with Crippen LogP contribution in [0.2, 0.25) is 0 Å². The first-order valence-electron chi connectivity index (χ1n) is 5.75. The molecule has 2 atom stereocenters. The van der Waals surface area contributed by atoms with Crippen LogP contribution in [0.4, 0.5) is 5.82 Å². The van der Waals surface area contributed by atoms with Crippen LogP contribution in [0.5, 0.6) is 0 Å². The Labute approximate surface area is 101 Å². The van der Waals surface area contributed by atoms with E-state index >= 15 is 0 Å². The van der Waals surface area contributed by atoms with E-state index < -0.39 is 0 Å². The molecule has 0 bridgehead atoms. The molecule has 0 spiro atoms. The van der Waals surface area contributed by atoms with Crippen LogP contribution in [0.25, 0.3) is 0 Å². The summed E-state index contributed by atoms with van der Waals surface area (Å²) in [6.07, 6.45) is 1.88. The zero-order chi connectivity index (χ0) is 11.5. The Hall–Kier alpha value is -0.740. The van der Waals surface area contributed by atoms with Gasteiger partial charge in [0.25, 0.3) is 0 Å². The Kier molecular flexibility index (Phi) is 3.71. The first-order valence-corrected chi connectivity index (χ1v) is 6.80. The average Bonchev–Trinajstić information content (AvgIpc) is 2.33. The second-order valence-electron chi connectivity index (χ2n) is 4.24. The van der Waals surface area contributed by atoms with E-state index in [1.807, 2.05) is 18.0 Å². The van der Waals surface area contributed by atoms with E-state index in [0.29, 0.717) is 17.8 Å². The molecule has 2 N–H and O–H groups in total. The van der Waals surface area contributed by atoms with Gasteiger partial charge in [0, 0.05) is 36.3 Å². The summed E-state index contributed by atoms with van der Waals surface area (Å²) < 4.78 is 0. The molecule has 88 valence electrons. The Bertz CT molecular complexity index is 339. The average molecular weight is 237 g/mol. The molecule has 1 aromatic rings. The number of hydrogen-bond donors (Lipinski definition) is 1. The van der Waals surface area contributed by atoms with Gasteiger partial charge in [-0.05, 0) is 18.6 Å². The maximum Gasteiger partial charge on any atom is 0.128 e. The number of thioether (sulfide) groups is 1. The number of nitrogens with zero attached hydrogens (tertiary/aromatic N) is 2. The van der Waals surface area contributed by atoms with E-state index in [0.717, 1.165) is 17.9 Å². The maximum atomic E-state index is 5.57. The molecule has 1 fully saturated rings. The standard InChI is InChI=1S/C12H19N3S/c1-9-10(2)16-6-5-15(9)12-4-3-11(7-13)8-14-12/h3-4,8-10H,5-7,13H2,1-2H3. The Morgan fingerprint density at radius 1 is 1.50 bits per heavy atom. The molecule has 0 aliphatic carbocycles. The van der Waals surface area contributed by atoms with Crippen LogP contribution in [0.3, 0.4) is 0 Å². The minimum Gasteiger partial charge on any atom is -0.352 e. The molecular formula is C12H19N3S. The van der Waals surface area contributed by atoms with Crippen LogP contribution >= 0.6 is 11.8 Å². The minimum absolute atomic E-state index is 0.551. The molecule has 1 aliphatic rings. The largest absolute Gasteiger partial charge is 0.352 e. The number of anilines is 1. The van der Waals surface area contributed by atoms with Gasteiger partial charge >= 0.3 is 0 Å². The van der Waals surface area contributed by atoms with E-state index in [9.17, 15) is 0 Å². The van der Waals surface area contributed by atoms with Gasteiger partial charge in [-0.25, -0.2) is 4.98 Å².